The third-order valence-corrected chi connectivity index (χ3v) is 6.20. The molecular weight excluding hydrogens is 432 g/mol. The molecule has 10 nitrogen and oxygen atoms in total. The third kappa shape index (κ3) is 4.15. The maximum atomic E-state index is 12.9. The summed E-state index contributed by atoms with van der Waals surface area (Å²) in [6, 6.07) is 12.4. The fraction of sp³-hybridized carbons (Fsp3) is 0.143. The van der Waals surface area contributed by atoms with Crippen LogP contribution in [-0.2, 0) is 10.0 Å². The van der Waals surface area contributed by atoms with Crippen LogP contribution in [0.3, 0.4) is 0 Å². The molecule has 0 aliphatic carbocycles. The molecule has 1 amide bonds. The number of nitrogens with one attached hydrogen (secondary N) is 3. The number of aromatic nitrogens is 4. The van der Waals surface area contributed by atoms with Gasteiger partial charge < -0.3 is 10.3 Å². The van der Waals surface area contributed by atoms with Gasteiger partial charge in [-0.1, -0.05) is 18.2 Å². The topological polar surface area (TPSA) is 139 Å². The predicted octanol–water partition coefficient (Wildman–Crippen LogP) is 2.05. The zero-order chi connectivity index (χ0) is 22.9. The quantitative estimate of drug-likeness (QED) is 0.409. The van der Waals surface area contributed by atoms with Crippen molar-refractivity contribution in [1.29, 1.82) is 0 Å². The summed E-state index contributed by atoms with van der Waals surface area (Å²) < 4.78 is 28.8. The molecule has 0 spiro atoms. The Bertz CT molecular complexity index is 1470. The van der Waals surface area contributed by atoms with Crippen LogP contribution in [0.5, 0.6) is 0 Å². The van der Waals surface area contributed by atoms with E-state index in [1.54, 1.807) is 38.1 Å². The Labute approximate surface area is 183 Å². The van der Waals surface area contributed by atoms with Gasteiger partial charge in [-0.2, -0.15) is 5.10 Å². The molecule has 2 heterocycles. The first-order valence-electron chi connectivity index (χ1n) is 9.71. The van der Waals surface area contributed by atoms with E-state index in [9.17, 15) is 18.0 Å². The Morgan fingerprint density at radius 1 is 1.12 bits per heavy atom. The molecule has 0 bridgehead atoms. The van der Waals surface area contributed by atoms with E-state index in [0.717, 1.165) is 0 Å². The van der Waals surface area contributed by atoms with E-state index >= 15 is 0 Å². The fourth-order valence-electron chi connectivity index (χ4n) is 3.17. The van der Waals surface area contributed by atoms with E-state index < -0.39 is 15.9 Å². The lowest BCUT2D eigenvalue weighted by molar-refractivity contribution is 0.102. The van der Waals surface area contributed by atoms with E-state index in [4.69, 9.17) is 0 Å². The second kappa shape index (κ2) is 8.36. The molecular formula is C21H20N6O4S. The first-order chi connectivity index (χ1) is 15.3. The van der Waals surface area contributed by atoms with Crippen LogP contribution >= 0.6 is 0 Å². The molecule has 0 radical (unpaired) electrons. The summed E-state index contributed by atoms with van der Waals surface area (Å²) in [6.07, 6.45) is 2.68. The standard InChI is InChI=1S/C21H20N6O4S/c1-13(2)26-32(30,31)15-7-5-6-14(10-15)20(28)25-17-8-3-4-9-18(17)27-19-16(11-24-27)21(29)23-12-22-19/h3-13,26H,1-2H3,(H,25,28)(H,22,23,29). The molecule has 0 fully saturated rings. The van der Waals surface area contributed by atoms with Crippen molar-refractivity contribution < 1.29 is 13.2 Å². The van der Waals surface area contributed by atoms with Crippen molar-refractivity contribution in [2.45, 2.75) is 24.8 Å². The van der Waals surface area contributed by atoms with Gasteiger partial charge in [0.2, 0.25) is 10.0 Å². The molecule has 0 aliphatic rings. The van der Waals surface area contributed by atoms with Crippen molar-refractivity contribution >= 4 is 32.7 Å². The van der Waals surface area contributed by atoms with E-state index in [0.29, 0.717) is 22.4 Å². The minimum atomic E-state index is -3.75. The van der Waals surface area contributed by atoms with Crippen molar-refractivity contribution in [2.24, 2.45) is 0 Å². The number of amides is 1. The van der Waals surface area contributed by atoms with Crippen molar-refractivity contribution in [1.82, 2.24) is 24.5 Å². The number of anilines is 1. The summed E-state index contributed by atoms with van der Waals surface area (Å²) in [5.41, 5.74) is 1.10. The molecule has 0 saturated carbocycles. The van der Waals surface area contributed by atoms with E-state index in [1.165, 1.54) is 41.5 Å². The zero-order valence-corrected chi connectivity index (χ0v) is 18.1. The Hall–Kier alpha value is -3.83. The Kier molecular flexibility index (Phi) is 5.59. The van der Waals surface area contributed by atoms with E-state index in [1.807, 2.05) is 0 Å². The summed E-state index contributed by atoms with van der Waals surface area (Å²) in [5.74, 6) is -0.499. The predicted molar refractivity (Wildman–Crippen MR) is 119 cm³/mol. The van der Waals surface area contributed by atoms with Gasteiger partial charge in [-0.15, -0.1) is 0 Å². The first-order valence-corrected chi connectivity index (χ1v) is 11.2. The normalized spacial score (nSPS) is 11.7. The number of para-hydroxylation sites is 2. The van der Waals surface area contributed by atoms with Gasteiger partial charge in [-0.3, -0.25) is 9.59 Å². The van der Waals surface area contributed by atoms with Crippen LogP contribution in [0.2, 0.25) is 0 Å². The zero-order valence-electron chi connectivity index (χ0n) is 17.2. The smallest absolute Gasteiger partial charge is 0.261 e. The SMILES string of the molecule is CC(C)NS(=O)(=O)c1cccc(C(=O)Nc2ccccc2-n2ncc3c(=O)[nH]cnc32)c1. The molecule has 0 saturated heterocycles. The number of H-pyrrole nitrogens is 1. The highest BCUT2D eigenvalue weighted by atomic mass is 32.2. The number of sulfonamides is 1. The largest absolute Gasteiger partial charge is 0.320 e. The van der Waals surface area contributed by atoms with Crippen LogP contribution in [0.25, 0.3) is 16.7 Å². The lowest BCUT2D eigenvalue weighted by Crippen LogP contribution is -2.30. The van der Waals surface area contributed by atoms with Crippen LogP contribution < -0.4 is 15.6 Å². The molecule has 0 atom stereocenters. The third-order valence-electron chi connectivity index (χ3n) is 4.55. The Balaban J connectivity index is 1.68. The van der Waals surface area contributed by atoms with Gasteiger partial charge in [0, 0.05) is 11.6 Å². The number of rotatable bonds is 6. The number of nitrogens with zero attached hydrogens (tertiary/aromatic N) is 3. The van der Waals surface area contributed by atoms with Crippen LogP contribution in [0, 0.1) is 0 Å². The summed E-state index contributed by atoms with van der Waals surface area (Å²) in [4.78, 5) is 31.6. The molecule has 164 valence electrons. The number of hydrogen-bond donors (Lipinski definition) is 3. The van der Waals surface area contributed by atoms with Gasteiger partial charge in [-0.25, -0.2) is 22.8 Å². The average Bonchev–Trinajstić information content (AvgIpc) is 3.19. The second-order valence-electron chi connectivity index (χ2n) is 7.30. The minimum absolute atomic E-state index is 0.00590. The number of carbonyl (C=O) groups excluding carboxylic acids is 1. The summed E-state index contributed by atoms with van der Waals surface area (Å²) in [6.45, 7) is 3.43. The van der Waals surface area contributed by atoms with Gasteiger partial charge >= 0.3 is 0 Å². The van der Waals surface area contributed by atoms with Crippen LogP contribution in [0.15, 0.2) is 70.7 Å². The average molecular weight is 452 g/mol. The van der Waals surface area contributed by atoms with Gasteiger partial charge in [0.15, 0.2) is 5.65 Å². The van der Waals surface area contributed by atoms with E-state index in [2.05, 4.69) is 25.1 Å². The summed E-state index contributed by atoms with van der Waals surface area (Å²) in [7, 11) is -3.75. The van der Waals surface area contributed by atoms with Crippen molar-refractivity contribution in [3.63, 3.8) is 0 Å². The number of fused-ring (bicyclic) bond motifs is 1. The lowest BCUT2D eigenvalue weighted by Gasteiger charge is -2.13. The molecule has 4 aromatic rings. The maximum absolute atomic E-state index is 12.9. The molecule has 32 heavy (non-hydrogen) atoms. The van der Waals surface area contributed by atoms with Crippen molar-refractivity contribution in [3.8, 4) is 5.69 Å². The maximum Gasteiger partial charge on any atom is 0.261 e. The van der Waals surface area contributed by atoms with Gasteiger partial charge in [-0.05, 0) is 44.2 Å². The molecule has 4 rings (SSSR count). The summed E-state index contributed by atoms with van der Waals surface area (Å²) >= 11 is 0. The van der Waals surface area contributed by atoms with Crippen molar-refractivity contribution in [3.05, 3.63) is 77.0 Å². The first kappa shape index (κ1) is 21.4. The van der Waals surface area contributed by atoms with Crippen LogP contribution in [-0.4, -0.2) is 40.1 Å². The minimum Gasteiger partial charge on any atom is -0.320 e. The van der Waals surface area contributed by atoms with Crippen molar-refractivity contribution in [2.75, 3.05) is 5.32 Å². The van der Waals surface area contributed by atoms with Crippen LogP contribution in [0.4, 0.5) is 5.69 Å². The molecule has 2 aromatic carbocycles. The van der Waals surface area contributed by atoms with Gasteiger partial charge in [0.25, 0.3) is 11.5 Å². The number of aromatic amines is 1. The fourth-order valence-corrected chi connectivity index (χ4v) is 4.47. The molecule has 2 aromatic heterocycles. The lowest BCUT2D eigenvalue weighted by atomic mass is 10.2. The summed E-state index contributed by atoms with van der Waals surface area (Å²) in [5, 5.41) is 7.33. The van der Waals surface area contributed by atoms with Gasteiger partial charge in [0.1, 0.15) is 5.39 Å². The molecule has 3 N–H and O–H groups in total. The highest BCUT2D eigenvalue weighted by Crippen LogP contribution is 2.23. The van der Waals surface area contributed by atoms with Crippen LogP contribution in [0.1, 0.15) is 24.2 Å². The number of hydrogen-bond acceptors (Lipinski definition) is 6. The Morgan fingerprint density at radius 2 is 1.91 bits per heavy atom. The monoisotopic (exact) mass is 452 g/mol. The van der Waals surface area contributed by atoms with E-state index in [-0.39, 0.29) is 22.1 Å². The Morgan fingerprint density at radius 3 is 2.69 bits per heavy atom. The molecule has 0 unspecified atom stereocenters. The highest BCUT2D eigenvalue weighted by Gasteiger charge is 2.18. The molecule has 0 aliphatic heterocycles. The molecule has 11 heteroatoms. The van der Waals surface area contributed by atoms with Gasteiger partial charge in [0.05, 0.1) is 28.8 Å². The second-order valence-corrected chi connectivity index (χ2v) is 9.01. The number of carbonyl (C=O) groups is 1. The highest BCUT2D eigenvalue weighted by molar-refractivity contribution is 7.89. The number of benzene rings is 2.